The Bertz CT molecular complexity index is 868. The number of para-hydroxylation sites is 1. The van der Waals surface area contributed by atoms with E-state index in [1.807, 2.05) is 0 Å². The van der Waals surface area contributed by atoms with Crippen molar-refractivity contribution in [3.05, 3.63) is 52.6 Å². The van der Waals surface area contributed by atoms with E-state index in [0.717, 1.165) is 0 Å². The molecule has 1 aromatic carbocycles. The zero-order chi connectivity index (χ0) is 18.4. The number of nitrogens with two attached hydrogens (primary N) is 1. The number of allylic oxidation sites excluding steroid dienone is 1. The number of nitrogens with one attached hydrogen (secondary N) is 1. The number of rotatable bonds is 3. The Hall–Kier alpha value is -3.09. The van der Waals surface area contributed by atoms with Crippen LogP contribution in [-0.4, -0.2) is 24.3 Å². The van der Waals surface area contributed by atoms with Crippen LogP contribution in [0.25, 0.3) is 0 Å². The van der Waals surface area contributed by atoms with Crippen LogP contribution in [0.4, 0.5) is 5.69 Å². The molecule has 0 fully saturated rings. The van der Waals surface area contributed by atoms with E-state index in [9.17, 15) is 14.4 Å². The standard InChI is InChI=1S/C18H18N2O5/c1-4-24-16(22)14-15(19)25-10(3)13(9(2)21)18(14)11-7-5-6-8-12(11)20-17(18)23/h5-8H,4,19H2,1-3H3,(H,20,23). The third kappa shape index (κ3) is 2.15. The smallest absolute Gasteiger partial charge is 0.341 e. The molecule has 1 unspecified atom stereocenters. The fourth-order valence-corrected chi connectivity index (χ4v) is 3.56. The van der Waals surface area contributed by atoms with Gasteiger partial charge < -0.3 is 20.5 Å². The summed E-state index contributed by atoms with van der Waals surface area (Å²) in [5, 5.41) is 2.73. The highest BCUT2D eigenvalue weighted by Crippen LogP contribution is 2.52. The maximum absolute atomic E-state index is 13.1. The topological polar surface area (TPSA) is 108 Å². The number of amides is 1. The molecule has 1 amide bonds. The number of fused-ring (bicyclic) bond motifs is 2. The maximum atomic E-state index is 13.1. The van der Waals surface area contributed by atoms with E-state index in [4.69, 9.17) is 15.2 Å². The molecule has 1 atom stereocenters. The number of Topliss-reactive ketones (excluding diaryl/α,β-unsaturated/α-hetero) is 1. The van der Waals surface area contributed by atoms with Gasteiger partial charge in [0.2, 0.25) is 11.8 Å². The molecule has 1 spiro atoms. The number of hydrogen-bond donors (Lipinski definition) is 2. The van der Waals surface area contributed by atoms with Gasteiger partial charge in [-0.1, -0.05) is 18.2 Å². The van der Waals surface area contributed by atoms with E-state index in [1.54, 1.807) is 38.1 Å². The van der Waals surface area contributed by atoms with E-state index in [0.29, 0.717) is 11.3 Å². The van der Waals surface area contributed by atoms with Crippen LogP contribution in [0.2, 0.25) is 0 Å². The molecule has 25 heavy (non-hydrogen) atoms. The summed E-state index contributed by atoms with van der Waals surface area (Å²) >= 11 is 0. The monoisotopic (exact) mass is 342 g/mol. The van der Waals surface area contributed by atoms with Gasteiger partial charge in [-0.05, 0) is 26.8 Å². The normalized spacial score (nSPS) is 21.8. The summed E-state index contributed by atoms with van der Waals surface area (Å²) in [5.74, 6) is -1.78. The number of carbonyl (C=O) groups is 3. The number of benzene rings is 1. The lowest BCUT2D eigenvalue weighted by Crippen LogP contribution is -2.47. The van der Waals surface area contributed by atoms with Crippen molar-refractivity contribution in [2.75, 3.05) is 11.9 Å². The minimum Gasteiger partial charge on any atom is -0.462 e. The zero-order valence-electron chi connectivity index (χ0n) is 14.1. The first kappa shape index (κ1) is 16.8. The Kier molecular flexibility index (Phi) is 3.87. The number of ether oxygens (including phenoxy) is 2. The van der Waals surface area contributed by atoms with Crippen LogP contribution in [0.3, 0.4) is 0 Å². The second kappa shape index (κ2) is 5.77. The summed E-state index contributed by atoms with van der Waals surface area (Å²) < 4.78 is 10.5. The highest BCUT2D eigenvalue weighted by atomic mass is 16.5. The number of anilines is 1. The van der Waals surface area contributed by atoms with Crippen molar-refractivity contribution >= 4 is 23.3 Å². The first-order valence-corrected chi connectivity index (χ1v) is 7.84. The lowest BCUT2D eigenvalue weighted by molar-refractivity contribution is -0.141. The molecule has 0 aromatic heterocycles. The largest absolute Gasteiger partial charge is 0.462 e. The minimum absolute atomic E-state index is 0.0761. The van der Waals surface area contributed by atoms with Gasteiger partial charge in [0.1, 0.15) is 16.7 Å². The average Bonchev–Trinajstić information content (AvgIpc) is 2.80. The van der Waals surface area contributed by atoms with Crippen LogP contribution >= 0.6 is 0 Å². The van der Waals surface area contributed by atoms with Gasteiger partial charge in [0.25, 0.3) is 0 Å². The Balaban J connectivity index is 2.41. The van der Waals surface area contributed by atoms with Gasteiger partial charge in [0.05, 0.1) is 12.2 Å². The van der Waals surface area contributed by atoms with Crippen LogP contribution in [0.15, 0.2) is 47.1 Å². The minimum atomic E-state index is -1.68. The lowest BCUT2D eigenvalue weighted by Gasteiger charge is -2.35. The molecule has 2 aliphatic heterocycles. The molecular formula is C18H18N2O5. The fraction of sp³-hybridized carbons (Fsp3) is 0.278. The number of ketones is 1. The van der Waals surface area contributed by atoms with Gasteiger partial charge in [0.15, 0.2) is 5.78 Å². The van der Waals surface area contributed by atoms with E-state index in [1.165, 1.54) is 6.92 Å². The lowest BCUT2D eigenvalue weighted by atomic mass is 9.67. The first-order valence-electron chi connectivity index (χ1n) is 7.84. The van der Waals surface area contributed by atoms with Crippen molar-refractivity contribution in [1.29, 1.82) is 0 Å². The number of esters is 1. The van der Waals surface area contributed by atoms with E-state index in [2.05, 4.69) is 5.32 Å². The van der Waals surface area contributed by atoms with Gasteiger partial charge in [-0.3, -0.25) is 9.59 Å². The summed E-state index contributed by atoms with van der Waals surface area (Å²) in [6, 6.07) is 6.85. The molecule has 0 saturated heterocycles. The van der Waals surface area contributed by atoms with Gasteiger partial charge in [-0.25, -0.2) is 4.79 Å². The predicted molar refractivity (Wildman–Crippen MR) is 89.1 cm³/mol. The Labute approximate surface area is 144 Å². The number of carbonyl (C=O) groups excluding carboxylic acids is 3. The Morgan fingerprint density at radius 2 is 1.96 bits per heavy atom. The molecule has 0 radical (unpaired) electrons. The van der Waals surface area contributed by atoms with Crippen LogP contribution < -0.4 is 11.1 Å². The molecule has 0 bridgehead atoms. The van der Waals surface area contributed by atoms with Gasteiger partial charge in [-0.15, -0.1) is 0 Å². The van der Waals surface area contributed by atoms with Crippen molar-refractivity contribution in [2.45, 2.75) is 26.2 Å². The quantitative estimate of drug-likeness (QED) is 0.806. The van der Waals surface area contributed by atoms with Gasteiger partial charge in [-0.2, -0.15) is 0 Å². The average molecular weight is 342 g/mol. The molecule has 130 valence electrons. The van der Waals surface area contributed by atoms with Gasteiger partial charge >= 0.3 is 5.97 Å². The van der Waals surface area contributed by atoms with Crippen molar-refractivity contribution in [3.63, 3.8) is 0 Å². The summed E-state index contributed by atoms with van der Waals surface area (Å²) in [5.41, 5.74) is 5.17. The van der Waals surface area contributed by atoms with Crippen LogP contribution in [0, 0.1) is 0 Å². The molecule has 3 N–H and O–H groups in total. The molecule has 7 heteroatoms. The summed E-state index contributed by atoms with van der Waals surface area (Å²) in [6.45, 7) is 4.59. The Morgan fingerprint density at radius 1 is 1.28 bits per heavy atom. The summed E-state index contributed by atoms with van der Waals surface area (Å²) in [6.07, 6.45) is 0. The molecule has 1 aromatic rings. The second-order valence-electron chi connectivity index (χ2n) is 5.80. The third-order valence-electron chi connectivity index (χ3n) is 4.36. The highest BCUT2D eigenvalue weighted by molar-refractivity contribution is 6.22. The summed E-state index contributed by atoms with van der Waals surface area (Å²) in [4.78, 5) is 38.2. The van der Waals surface area contributed by atoms with E-state index >= 15 is 0 Å². The number of hydrogen-bond acceptors (Lipinski definition) is 6. The molecule has 0 saturated carbocycles. The van der Waals surface area contributed by atoms with E-state index < -0.39 is 23.1 Å². The summed E-state index contributed by atoms with van der Waals surface area (Å²) in [7, 11) is 0. The fourth-order valence-electron chi connectivity index (χ4n) is 3.56. The Morgan fingerprint density at radius 3 is 2.60 bits per heavy atom. The van der Waals surface area contributed by atoms with Crippen LogP contribution in [0.5, 0.6) is 0 Å². The predicted octanol–water partition coefficient (Wildman–Crippen LogP) is 1.50. The SMILES string of the molecule is CCOC(=O)C1=C(N)OC(C)=C(C(C)=O)C12C(=O)Nc1ccccc12. The van der Waals surface area contributed by atoms with Crippen LogP contribution in [-0.2, 0) is 29.3 Å². The van der Waals surface area contributed by atoms with Gasteiger partial charge in [0, 0.05) is 11.3 Å². The molecular weight excluding hydrogens is 324 g/mol. The van der Waals surface area contributed by atoms with Crippen molar-refractivity contribution in [3.8, 4) is 0 Å². The zero-order valence-corrected chi connectivity index (χ0v) is 14.1. The van der Waals surface area contributed by atoms with Crippen LogP contribution in [0.1, 0.15) is 26.3 Å². The molecule has 3 rings (SSSR count). The molecule has 2 heterocycles. The maximum Gasteiger partial charge on any atom is 0.341 e. The van der Waals surface area contributed by atoms with Crippen molar-refractivity contribution < 1.29 is 23.9 Å². The highest BCUT2D eigenvalue weighted by Gasteiger charge is 2.60. The molecule has 0 aliphatic carbocycles. The van der Waals surface area contributed by atoms with Crippen molar-refractivity contribution in [2.24, 2.45) is 5.73 Å². The second-order valence-corrected chi connectivity index (χ2v) is 5.80. The first-order chi connectivity index (χ1) is 11.9. The molecule has 2 aliphatic rings. The third-order valence-corrected chi connectivity index (χ3v) is 4.36. The van der Waals surface area contributed by atoms with E-state index in [-0.39, 0.29) is 29.4 Å². The van der Waals surface area contributed by atoms with Crippen molar-refractivity contribution in [1.82, 2.24) is 0 Å². The molecule has 7 nitrogen and oxygen atoms in total.